The molecule has 0 bridgehead atoms. The van der Waals surface area contributed by atoms with Crippen LogP contribution in [-0.4, -0.2) is 76.3 Å². The van der Waals surface area contributed by atoms with Gasteiger partial charge in [0, 0.05) is 0 Å². The predicted octanol–water partition coefficient (Wildman–Crippen LogP) is -1.03. The van der Waals surface area contributed by atoms with Crippen LogP contribution in [0.4, 0.5) is 0 Å². The van der Waals surface area contributed by atoms with Crippen molar-refractivity contribution in [2.75, 3.05) is 13.2 Å². The van der Waals surface area contributed by atoms with E-state index in [1.165, 1.54) is 12.1 Å². The highest BCUT2D eigenvalue weighted by Crippen LogP contribution is 2.11. The number of nitrogens with one attached hydrogen (secondary N) is 3. The van der Waals surface area contributed by atoms with E-state index in [0.29, 0.717) is 24.9 Å². The molecule has 0 aliphatic heterocycles. The van der Waals surface area contributed by atoms with Gasteiger partial charge in [0.25, 0.3) is 0 Å². The average molecular weight is 510 g/mol. The average Bonchev–Trinajstić information content (AvgIpc) is 2.82. The van der Waals surface area contributed by atoms with E-state index in [2.05, 4.69) is 16.0 Å². The Bertz CT molecular complexity index is 863. The predicted molar refractivity (Wildman–Crippen MR) is 133 cm³/mol. The fraction of sp³-hybridized carbons (Fsp3) is 0.583. The first-order chi connectivity index (χ1) is 17.0. The second-order valence-electron chi connectivity index (χ2n) is 9.10. The van der Waals surface area contributed by atoms with Gasteiger partial charge in [0.05, 0.1) is 12.6 Å². The number of carboxylic acids is 1. The molecule has 1 aromatic carbocycles. The number of aliphatic hydroxyl groups is 1. The number of amides is 3. The molecule has 202 valence electrons. The van der Waals surface area contributed by atoms with Crippen molar-refractivity contribution in [3.8, 4) is 5.75 Å². The normalized spacial score (nSPS) is 14.4. The Balaban J connectivity index is 2.86. The summed E-state index contributed by atoms with van der Waals surface area (Å²) in [7, 11) is 0. The van der Waals surface area contributed by atoms with Crippen LogP contribution in [0.15, 0.2) is 24.3 Å². The monoisotopic (exact) mass is 509 g/mol. The van der Waals surface area contributed by atoms with Gasteiger partial charge in [0.1, 0.15) is 23.9 Å². The van der Waals surface area contributed by atoms with E-state index in [4.69, 9.17) is 11.5 Å². The maximum Gasteiger partial charge on any atom is 0.326 e. The lowest BCUT2D eigenvalue weighted by molar-refractivity contribution is -0.143. The Morgan fingerprint density at radius 1 is 0.889 bits per heavy atom. The van der Waals surface area contributed by atoms with Crippen molar-refractivity contribution in [1.29, 1.82) is 0 Å². The lowest BCUT2D eigenvalue weighted by atomic mass is 10.0. The van der Waals surface area contributed by atoms with E-state index in [-0.39, 0.29) is 30.9 Å². The summed E-state index contributed by atoms with van der Waals surface area (Å²) in [6, 6.07) is 1.57. The van der Waals surface area contributed by atoms with Crippen LogP contribution in [0.1, 0.15) is 45.1 Å². The van der Waals surface area contributed by atoms with Crippen LogP contribution in [0.3, 0.4) is 0 Å². The SMILES string of the molecule is CC(C)CC(NC(=O)C(CO)NC(=O)C(CCCCN)NC(=O)C(N)Cc1ccc(O)cc1)C(=O)O. The molecule has 4 atom stereocenters. The van der Waals surface area contributed by atoms with Gasteiger partial charge in [-0.3, -0.25) is 14.4 Å². The largest absolute Gasteiger partial charge is 0.508 e. The minimum Gasteiger partial charge on any atom is -0.508 e. The maximum atomic E-state index is 12.9. The number of phenolic OH excluding ortho intramolecular Hbond substituents is 1. The van der Waals surface area contributed by atoms with Gasteiger partial charge in [-0.2, -0.15) is 0 Å². The molecule has 36 heavy (non-hydrogen) atoms. The topological polar surface area (TPSA) is 217 Å². The molecule has 0 fully saturated rings. The fourth-order valence-corrected chi connectivity index (χ4v) is 3.45. The van der Waals surface area contributed by atoms with Gasteiger partial charge >= 0.3 is 5.97 Å². The van der Waals surface area contributed by atoms with Gasteiger partial charge < -0.3 is 42.7 Å². The number of aliphatic hydroxyl groups excluding tert-OH is 1. The van der Waals surface area contributed by atoms with Crippen molar-refractivity contribution in [3.63, 3.8) is 0 Å². The van der Waals surface area contributed by atoms with Gasteiger partial charge in [-0.25, -0.2) is 4.79 Å². The Kier molecular flexibility index (Phi) is 13.4. The quantitative estimate of drug-likeness (QED) is 0.128. The minimum absolute atomic E-state index is 0.0125. The molecule has 0 aliphatic rings. The lowest BCUT2D eigenvalue weighted by Gasteiger charge is -2.24. The number of carboxylic acid groups (broad SMARTS) is 1. The van der Waals surface area contributed by atoms with Crippen LogP contribution >= 0.6 is 0 Å². The summed E-state index contributed by atoms with van der Waals surface area (Å²) in [6.07, 6.45) is 1.65. The van der Waals surface area contributed by atoms with Crippen LogP contribution in [-0.2, 0) is 25.6 Å². The summed E-state index contributed by atoms with van der Waals surface area (Å²) in [4.78, 5) is 49.6. The van der Waals surface area contributed by atoms with Gasteiger partial charge in [0.15, 0.2) is 0 Å². The molecular weight excluding hydrogens is 470 g/mol. The molecule has 1 aromatic rings. The number of benzene rings is 1. The number of rotatable bonds is 16. The molecule has 0 saturated heterocycles. The highest BCUT2D eigenvalue weighted by atomic mass is 16.4. The van der Waals surface area contributed by atoms with Crippen molar-refractivity contribution in [3.05, 3.63) is 29.8 Å². The first-order valence-electron chi connectivity index (χ1n) is 12.0. The summed E-state index contributed by atoms with van der Waals surface area (Å²) < 4.78 is 0. The van der Waals surface area contributed by atoms with E-state index in [1.807, 2.05) is 0 Å². The van der Waals surface area contributed by atoms with E-state index in [1.54, 1.807) is 26.0 Å². The zero-order valence-electron chi connectivity index (χ0n) is 20.8. The first kappa shape index (κ1) is 30.8. The molecule has 0 aliphatic carbocycles. The number of carbonyl (C=O) groups excluding carboxylic acids is 3. The maximum absolute atomic E-state index is 12.9. The van der Waals surface area contributed by atoms with Crippen LogP contribution in [0.5, 0.6) is 5.75 Å². The van der Waals surface area contributed by atoms with Crippen molar-refractivity contribution in [1.82, 2.24) is 16.0 Å². The summed E-state index contributed by atoms with van der Waals surface area (Å²) >= 11 is 0. The molecule has 12 nitrogen and oxygen atoms in total. The Morgan fingerprint density at radius 2 is 1.44 bits per heavy atom. The molecule has 0 saturated carbocycles. The van der Waals surface area contributed by atoms with E-state index < -0.39 is 54.5 Å². The Hall–Kier alpha value is -3.22. The zero-order valence-corrected chi connectivity index (χ0v) is 20.8. The number of unbranched alkanes of at least 4 members (excludes halogenated alkanes) is 1. The second-order valence-corrected chi connectivity index (χ2v) is 9.10. The van der Waals surface area contributed by atoms with Gasteiger partial charge in [-0.05, 0) is 62.3 Å². The van der Waals surface area contributed by atoms with Crippen LogP contribution in [0.25, 0.3) is 0 Å². The number of phenols is 1. The first-order valence-corrected chi connectivity index (χ1v) is 12.0. The van der Waals surface area contributed by atoms with Crippen LogP contribution < -0.4 is 27.4 Å². The molecule has 10 N–H and O–H groups in total. The second kappa shape index (κ2) is 15.7. The fourth-order valence-electron chi connectivity index (χ4n) is 3.45. The third-order valence-electron chi connectivity index (χ3n) is 5.45. The van der Waals surface area contributed by atoms with Crippen molar-refractivity contribution >= 4 is 23.7 Å². The van der Waals surface area contributed by atoms with E-state index >= 15 is 0 Å². The van der Waals surface area contributed by atoms with Crippen molar-refractivity contribution < 1.29 is 34.5 Å². The summed E-state index contributed by atoms with van der Waals surface area (Å²) in [5.74, 6) is -3.33. The molecule has 4 unspecified atom stereocenters. The number of carbonyl (C=O) groups is 4. The highest BCUT2D eigenvalue weighted by Gasteiger charge is 2.30. The lowest BCUT2D eigenvalue weighted by Crippen LogP contribution is -2.58. The Labute approximate surface area is 210 Å². The molecule has 1 rings (SSSR count). The number of hydrogen-bond acceptors (Lipinski definition) is 8. The molecular formula is C24H39N5O7. The number of nitrogens with two attached hydrogens (primary N) is 2. The van der Waals surface area contributed by atoms with Crippen LogP contribution in [0.2, 0.25) is 0 Å². The van der Waals surface area contributed by atoms with Gasteiger partial charge in [0.2, 0.25) is 17.7 Å². The summed E-state index contributed by atoms with van der Waals surface area (Å²) in [5, 5.41) is 35.7. The summed E-state index contributed by atoms with van der Waals surface area (Å²) in [5.41, 5.74) is 12.2. The zero-order chi connectivity index (χ0) is 27.3. The number of hydrogen-bond donors (Lipinski definition) is 8. The number of aromatic hydroxyl groups is 1. The molecule has 0 heterocycles. The summed E-state index contributed by atoms with van der Waals surface area (Å²) in [6.45, 7) is 3.22. The molecule has 12 heteroatoms. The Morgan fingerprint density at radius 3 is 1.97 bits per heavy atom. The smallest absolute Gasteiger partial charge is 0.326 e. The van der Waals surface area contributed by atoms with E-state index in [0.717, 1.165) is 0 Å². The van der Waals surface area contributed by atoms with Gasteiger partial charge in [-0.15, -0.1) is 0 Å². The van der Waals surface area contributed by atoms with Crippen LogP contribution in [0, 0.1) is 5.92 Å². The number of aliphatic carboxylic acids is 1. The molecule has 0 spiro atoms. The molecule has 3 amide bonds. The van der Waals surface area contributed by atoms with Gasteiger partial charge in [-0.1, -0.05) is 26.0 Å². The standard InChI is InChI=1S/C24H39N5O7/c1-14(2)11-19(24(35)36)28-23(34)20(13-30)29-22(33)18(5-3-4-10-25)27-21(32)17(26)12-15-6-8-16(31)9-7-15/h6-9,14,17-20,30-31H,3-5,10-13,25-26H2,1-2H3,(H,27,32)(H,28,34)(H,29,33)(H,35,36). The molecule has 0 radical (unpaired) electrons. The third-order valence-corrected chi connectivity index (χ3v) is 5.45. The highest BCUT2D eigenvalue weighted by molar-refractivity contribution is 5.94. The molecule has 0 aromatic heterocycles. The van der Waals surface area contributed by atoms with Crippen molar-refractivity contribution in [2.45, 2.75) is 70.1 Å². The van der Waals surface area contributed by atoms with Crippen molar-refractivity contribution in [2.24, 2.45) is 17.4 Å². The van der Waals surface area contributed by atoms with E-state index in [9.17, 15) is 34.5 Å². The third kappa shape index (κ3) is 11.0. The minimum atomic E-state index is -1.41.